The quantitative estimate of drug-likeness (QED) is 0.849. The van der Waals surface area contributed by atoms with Gasteiger partial charge < -0.3 is 16.2 Å². The zero-order valence-corrected chi connectivity index (χ0v) is 13.3. The molecule has 0 aliphatic carbocycles. The van der Waals surface area contributed by atoms with Gasteiger partial charge in [0.15, 0.2) is 0 Å². The van der Waals surface area contributed by atoms with E-state index < -0.39 is 11.9 Å². The average molecular weight is 339 g/mol. The van der Waals surface area contributed by atoms with Gasteiger partial charge in [-0.2, -0.15) is 0 Å². The Morgan fingerprint density at radius 3 is 2.23 bits per heavy atom. The zero-order chi connectivity index (χ0) is 16.1. The van der Waals surface area contributed by atoms with Crippen molar-refractivity contribution in [2.24, 2.45) is 11.5 Å². The lowest BCUT2D eigenvalue weighted by Crippen LogP contribution is -2.38. The number of nitrogens with two attached hydrogens (primary N) is 2. The Bertz CT molecular complexity index is 639. The molecule has 2 aromatic carbocycles. The predicted octanol–water partition coefficient (Wildman–Crippen LogP) is 2.93. The van der Waals surface area contributed by atoms with E-state index in [0.29, 0.717) is 22.2 Å². The van der Waals surface area contributed by atoms with Crippen LogP contribution in [0.4, 0.5) is 0 Å². The summed E-state index contributed by atoms with van der Waals surface area (Å²) in [5.41, 5.74) is 12.4. The van der Waals surface area contributed by atoms with Crippen molar-refractivity contribution in [2.75, 3.05) is 0 Å². The number of ether oxygens (including phenoxy) is 1. The summed E-state index contributed by atoms with van der Waals surface area (Å²) < 4.78 is 5.67. The van der Waals surface area contributed by atoms with Gasteiger partial charge in [0.1, 0.15) is 12.4 Å². The fourth-order valence-corrected chi connectivity index (χ4v) is 2.41. The van der Waals surface area contributed by atoms with Gasteiger partial charge in [0.05, 0.1) is 6.04 Å². The summed E-state index contributed by atoms with van der Waals surface area (Å²) >= 11 is 12.2. The van der Waals surface area contributed by atoms with Crippen molar-refractivity contribution in [1.82, 2.24) is 0 Å². The zero-order valence-electron chi connectivity index (χ0n) is 11.8. The minimum atomic E-state index is -0.686. The van der Waals surface area contributed by atoms with Crippen LogP contribution >= 0.6 is 23.2 Å². The van der Waals surface area contributed by atoms with E-state index in [0.717, 1.165) is 11.1 Å². The Morgan fingerprint density at radius 1 is 1.09 bits per heavy atom. The van der Waals surface area contributed by atoms with E-state index in [1.807, 2.05) is 12.1 Å². The Kier molecular flexibility index (Phi) is 5.66. The minimum absolute atomic E-state index is 0.276. The first kappa shape index (κ1) is 16.6. The maximum Gasteiger partial charge on any atom is 0.234 e. The summed E-state index contributed by atoms with van der Waals surface area (Å²) in [6.45, 7) is 0.276. The minimum Gasteiger partial charge on any atom is -0.489 e. The number of carbonyl (C=O) groups is 1. The van der Waals surface area contributed by atoms with Gasteiger partial charge in [-0.05, 0) is 36.2 Å². The lowest BCUT2D eigenvalue weighted by molar-refractivity contribution is -0.119. The molecule has 0 saturated carbocycles. The molecule has 0 aliphatic rings. The molecule has 1 amide bonds. The molecule has 2 aromatic rings. The number of carbonyl (C=O) groups excluding carboxylic acids is 1. The molecule has 0 aromatic heterocycles. The molecular formula is C16H16Cl2N2O2. The number of benzene rings is 2. The van der Waals surface area contributed by atoms with Gasteiger partial charge in [0.2, 0.25) is 5.91 Å². The maximum atomic E-state index is 10.9. The first-order chi connectivity index (χ1) is 10.5. The molecule has 4 N–H and O–H groups in total. The third-order valence-corrected chi connectivity index (χ3v) is 3.90. The molecule has 0 radical (unpaired) electrons. The molecule has 0 bridgehead atoms. The van der Waals surface area contributed by atoms with Gasteiger partial charge in [0.25, 0.3) is 0 Å². The normalized spacial score (nSPS) is 12.0. The van der Waals surface area contributed by atoms with E-state index in [1.165, 1.54) is 0 Å². The Balaban J connectivity index is 1.98. The highest BCUT2D eigenvalue weighted by molar-refractivity contribution is 6.35. The van der Waals surface area contributed by atoms with Crippen molar-refractivity contribution in [3.05, 3.63) is 63.6 Å². The number of halogens is 2. The standard InChI is InChI=1S/C16H16Cl2N2O2/c17-13-2-1-3-14(18)12(13)9-22-11-6-4-10(5-7-11)8-15(19)16(20)21/h1-7,15H,8-9,19H2,(H2,20,21)/t15-/m0/s1. The molecule has 4 nitrogen and oxygen atoms in total. The number of primary amides is 1. The number of hydrogen-bond donors (Lipinski definition) is 2. The maximum absolute atomic E-state index is 10.9. The van der Waals surface area contributed by atoms with Crippen LogP contribution in [0.3, 0.4) is 0 Å². The summed E-state index contributed by atoms with van der Waals surface area (Å²) in [4.78, 5) is 10.9. The number of rotatable bonds is 6. The largest absolute Gasteiger partial charge is 0.489 e. The SMILES string of the molecule is NC(=O)[C@@H](N)Cc1ccc(OCc2c(Cl)cccc2Cl)cc1. The van der Waals surface area contributed by atoms with Crippen molar-refractivity contribution < 1.29 is 9.53 Å². The number of hydrogen-bond acceptors (Lipinski definition) is 3. The smallest absolute Gasteiger partial charge is 0.234 e. The second-order valence-electron chi connectivity index (χ2n) is 4.85. The van der Waals surface area contributed by atoms with E-state index in [1.54, 1.807) is 30.3 Å². The molecule has 2 rings (SSSR count). The molecule has 0 fully saturated rings. The van der Waals surface area contributed by atoms with Crippen LogP contribution in [0.1, 0.15) is 11.1 Å². The molecule has 116 valence electrons. The van der Waals surface area contributed by atoms with E-state index in [-0.39, 0.29) is 6.61 Å². The molecule has 6 heteroatoms. The summed E-state index contributed by atoms with van der Waals surface area (Å²) in [5.74, 6) is 0.154. The van der Waals surface area contributed by atoms with Crippen molar-refractivity contribution in [3.63, 3.8) is 0 Å². The third-order valence-electron chi connectivity index (χ3n) is 3.19. The van der Waals surface area contributed by atoms with Crippen LogP contribution < -0.4 is 16.2 Å². The third kappa shape index (κ3) is 4.37. The molecule has 0 heterocycles. The van der Waals surface area contributed by atoms with E-state index in [2.05, 4.69) is 0 Å². The highest BCUT2D eigenvalue weighted by Crippen LogP contribution is 2.26. The summed E-state index contributed by atoms with van der Waals surface area (Å²) in [7, 11) is 0. The fourth-order valence-electron chi connectivity index (χ4n) is 1.90. The van der Waals surface area contributed by atoms with Crippen molar-refractivity contribution in [1.29, 1.82) is 0 Å². The Labute approximate surface area is 139 Å². The second-order valence-corrected chi connectivity index (χ2v) is 5.66. The molecular weight excluding hydrogens is 323 g/mol. The Morgan fingerprint density at radius 2 is 1.68 bits per heavy atom. The average Bonchev–Trinajstić information content (AvgIpc) is 2.48. The molecule has 0 saturated heterocycles. The van der Waals surface area contributed by atoms with Crippen molar-refractivity contribution >= 4 is 29.1 Å². The van der Waals surface area contributed by atoms with E-state index in [9.17, 15) is 4.79 Å². The van der Waals surface area contributed by atoms with E-state index >= 15 is 0 Å². The molecule has 1 atom stereocenters. The monoisotopic (exact) mass is 338 g/mol. The molecule has 0 spiro atoms. The van der Waals surface area contributed by atoms with Crippen LogP contribution in [0.2, 0.25) is 10.0 Å². The van der Waals surface area contributed by atoms with E-state index in [4.69, 9.17) is 39.4 Å². The highest BCUT2D eigenvalue weighted by atomic mass is 35.5. The van der Waals surface area contributed by atoms with Crippen LogP contribution in [0.15, 0.2) is 42.5 Å². The van der Waals surface area contributed by atoms with Crippen LogP contribution in [0.5, 0.6) is 5.75 Å². The first-order valence-electron chi connectivity index (χ1n) is 6.67. The van der Waals surface area contributed by atoms with Crippen LogP contribution in [-0.4, -0.2) is 11.9 Å². The van der Waals surface area contributed by atoms with Crippen LogP contribution in [-0.2, 0) is 17.8 Å². The van der Waals surface area contributed by atoms with Crippen LogP contribution in [0, 0.1) is 0 Å². The van der Waals surface area contributed by atoms with Gasteiger partial charge in [-0.1, -0.05) is 41.4 Å². The van der Waals surface area contributed by atoms with Crippen molar-refractivity contribution in [3.8, 4) is 5.75 Å². The lowest BCUT2D eigenvalue weighted by atomic mass is 10.1. The Hall–Kier alpha value is -1.75. The van der Waals surface area contributed by atoms with Gasteiger partial charge in [-0.25, -0.2) is 0 Å². The van der Waals surface area contributed by atoms with Gasteiger partial charge in [-0.15, -0.1) is 0 Å². The molecule has 0 unspecified atom stereocenters. The predicted molar refractivity (Wildman–Crippen MR) is 88.1 cm³/mol. The summed E-state index contributed by atoms with van der Waals surface area (Å²) in [5, 5.41) is 1.13. The molecule has 0 aliphatic heterocycles. The summed E-state index contributed by atoms with van der Waals surface area (Å²) in [6, 6.07) is 11.9. The number of amides is 1. The lowest BCUT2D eigenvalue weighted by Gasteiger charge is -2.11. The van der Waals surface area contributed by atoms with Crippen molar-refractivity contribution in [2.45, 2.75) is 19.1 Å². The molecule has 22 heavy (non-hydrogen) atoms. The summed E-state index contributed by atoms with van der Waals surface area (Å²) in [6.07, 6.45) is 0.395. The fraction of sp³-hybridized carbons (Fsp3) is 0.188. The topological polar surface area (TPSA) is 78.3 Å². The highest BCUT2D eigenvalue weighted by Gasteiger charge is 2.10. The van der Waals surface area contributed by atoms with Gasteiger partial charge >= 0.3 is 0 Å². The van der Waals surface area contributed by atoms with Gasteiger partial charge in [0, 0.05) is 15.6 Å². The van der Waals surface area contributed by atoms with Gasteiger partial charge in [-0.3, -0.25) is 4.79 Å². The first-order valence-corrected chi connectivity index (χ1v) is 7.42. The second kappa shape index (κ2) is 7.49. The van der Waals surface area contributed by atoms with Crippen LogP contribution in [0.25, 0.3) is 0 Å².